The van der Waals surface area contributed by atoms with E-state index in [-0.39, 0.29) is 48.7 Å². The first kappa shape index (κ1) is 21.3. The highest BCUT2D eigenvalue weighted by Crippen LogP contribution is 2.10. The molecule has 2 rings (SSSR count). The summed E-state index contributed by atoms with van der Waals surface area (Å²) in [5.74, 6) is -0.770. The predicted octanol–water partition coefficient (Wildman–Crippen LogP) is 1.80. The number of carbonyl (C=O) groups excluding carboxylic acids is 2. The minimum absolute atomic E-state index is 0. The van der Waals surface area contributed by atoms with Gasteiger partial charge in [0.2, 0.25) is 11.8 Å². The molecule has 2 N–H and O–H groups in total. The third kappa shape index (κ3) is 6.97. The molecule has 0 spiro atoms. The molecule has 1 aromatic carbocycles. The number of ether oxygens (including phenoxy) is 1. The van der Waals surface area contributed by atoms with Gasteiger partial charge in [-0.2, -0.15) is 0 Å². The molecule has 0 aliphatic carbocycles. The van der Waals surface area contributed by atoms with Crippen molar-refractivity contribution in [1.29, 1.82) is 0 Å². The Balaban J connectivity index is 0.00000312. The third-order valence-electron chi connectivity index (χ3n) is 3.81. The van der Waals surface area contributed by atoms with Crippen molar-refractivity contribution in [2.45, 2.75) is 32.4 Å². The van der Waals surface area contributed by atoms with Crippen LogP contribution in [0.3, 0.4) is 0 Å². The number of morpholine rings is 1. The van der Waals surface area contributed by atoms with Crippen LogP contribution in [0.1, 0.15) is 20.3 Å². The van der Waals surface area contributed by atoms with Crippen LogP contribution in [-0.2, 0) is 14.3 Å². The van der Waals surface area contributed by atoms with Crippen LogP contribution in [0.4, 0.5) is 10.1 Å². The second-order valence-corrected chi connectivity index (χ2v) is 6.10. The SMILES string of the molecule is CC(C)N(CC(=O)Nc1ccc(F)cc1)C(=O)CC1COCCN1.Cl. The molecule has 1 saturated heterocycles. The van der Waals surface area contributed by atoms with Gasteiger partial charge in [0.1, 0.15) is 12.4 Å². The summed E-state index contributed by atoms with van der Waals surface area (Å²) in [6.07, 6.45) is 0.294. The fourth-order valence-electron chi connectivity index (χ4n) is 2.53. The fraction of sp³-hybridized carbons (Fsp3) is 0.529. The lowest BCUT2D eigenvalue weighted by Crippen LogP contribution is -2.48. The number of halogens is 2. The number of benzene rings is 1. The Morgan fingerprint density at radius 1 is 1.36 bits per heavy atom. The van der Waals surface area contributed by atoms with Crippen LogP contribution < -0.4 is 10.6 Å². The summed E-state index contributed by atoms with van der Waals surface area (Å²) in [6, 6.07) is 5.40. The Kier molecular flexibility index (Phi) is 8.82. The maximum atomic E-state index is 12.9. The average Bonchev–Trinajstić information content (AvgIpc) is 2.55. The first-order chi connectivity index (χ1) is 11.5. The largest absolute Gasteiger partial charge is 0.378 e. The predicted molar refractivity (Wildman–Crippen MR) is 96.4 cm³/mol. The first-order valence-corrected chi connectivity index (χ1v) is 8.11. The molecule has 0 radical (unpaired) electrons. The lowest BCUT2D eigenvalue weighted by atomic mass is 10.1. The van der Waals surface area contributed by atoms with Gasteiger partial charge in [0.15, 0.2) is 0 Å². The number of hydrogen-bond acceptors (Lipinski definition) is 4. The van der Waals surface area contributed by atoms with E-state index in [1.54, 1.807) is 0 Å². The summed E-state index contributed by atoms with van der Waals surface area (Å²) in [4.78, 5) is 26.2. The van der Waals surface area contributed by atoms with Crippen molar-refractivity contribution >= 4 is 29.9 Å². The molecule has 1 unspecified atom stereocenters. The Morgan fingerprint density at radius 2 is 2.04 bits per heavy atom. The molecule has 140 valence electrons. The van der Waals surface area contributed by atoms with Crippen LogP contribution in [0, 0.1) is 5.82 Å². The van der Waals surface area contributed by atoms with Crippen LogP contribution in [0.5, 0.6) is 0 Å². The molecule has 1 aliphatic rings. The van der Waals surface area contributed by atoms with Crippen molar-refractivity contribution in [3.63, 3.8) is 0 Å². The van der Waals surface area contributed by atoms with Crippen molar-refractivity contribution in [3.05, 3.63) is 30.1 Å². The van der Waals surface area contributed by atoms with E-state index in [0.717, 1.165) is 6.54 Å². The standard InChI is InChI=1S/C17H24FN3O3.ClH/c1-12(2)21(17(23)9-15-11-24-8-7-19-15)10-16(22)20-14-5-3-13(18)4-6-14;/h3-6,12,15,19H,7-11H2,1-2H3,(H,20,22);1H. The van der Waals surface area contributed by atoms with Crippen molar-refractivity contribution in [2.75, 3.05) is 31.6 Å². The molecule has 1 aliphatic heterocycles. The van der Waals surface area contributed by atoms with Crippen LogP contribution in [0.15, 0.2) is 24.3 Å². The average molecular weight is 374 g/mol. The zero-order valence-corrected chi connectivity index (χ0v) is 15.3. The highest BCUT2D eigenvalue weighted by molar-refractivity contribution is 5.94. The number of carbonyl (C=O) groups is 2. The van der Waals surface area contributed by atoms with Crippen LogP contribution in [0.2, 0.25) is 0 Å². The van der Waals surface area contributed by atoms with Crippen LogP contribution in [-0.4, -0.2) is 55.1 Å². The highest BCUT2D eigenvalue weighted by Gasteiger charge is 2.24. The maximum absolute atomic E-state index is 12.9. The van der Waals surface area contributed by atoms with Crippen LogP contribution in [0.25, 0.3) is 0 Å². The fourth-order valence-corrected chi connectivity index (χ4v) is 2.53. The van der Waals surface area contributed by atoms with Gasteiger partial charge in [-0.3, -0.25) is 9.59 Å². The monoisotopic (exact) mass is 373 g/mol. The van der Waals surface area contributed by atoms with Gasteiger partial charge < -0.3 is 20.3 Å². The molecule has 0 aromatic heterocycles. The molecule has 0 saturated carbocycles. The molecule has 1 heterocycles. The highest BCUT2D eigenvalue weighted by atomic mass is 35.5. The summed E-state index contributed by atoms with van der Waals surface area (Å²) in [5.41, 5.74) is 0.500. The Morgan fingerprint density at radius 3 is 2.60 bits per heavy atom. The van der Waals surface area contributed by atoms with Crippen molar-refractivity contribution in [1.82, 2.24) is 10.2 Å². The van der Waals surface area contributed by atoms with Gasteiger partial charge in [-0.05, 0) is 38.1 Å². The van der Waals surface area contributed by atoms with Gasteiger partial charge in [0.05, 0.1) is 13.2 Å². The second-order valence-electron chi connectivity index (χ2n) is 6.10. The molecular formula is C17H25ClFN3O3. The molecule has 1 aromatic rings. The summed E-state index contributed by atoms with van der Waals surface area (Å²) in [7, 11) is 0. The zero-order chi connectivity index (χ0) is 17.5. The minimum atomic E-state index is -0.366. The Bertz CT molecular complexity index is 563. The van der Waals surface area contributed by atoms with Gasteiger partial charge >= 0.3 is 0 Å². The lowest BCUT2D eigenvalue weighted by molar-refractivity contribution is -0.137. The first-order valence-electron chi connectivity index (χ1n) is 8.11. The normalized spacial score (nSPS) is 16.9. The molecule has 2 amide bonds. The zero-order valence-electron chi connectivity index (χ0n) is 14.5. The van der Waals surface area contributed by atoms with Gasteiger partial charge in [-0.25, -0.2) is 4.39 Å². The topological polar surface area (TPSA) is 70.7 Å². The van der Waals surface area contributed by atoms with Gasteiger partial charge in [-0.15, -0.1) is 12.4 Å². The van der Waals surface area contributed by atoms with Crippen molar-refractivity contribution in [2.24, 2.45) is 0 Å². The number of anilines is 1. The minimum Gasteiger partial charge on any atom is -0.378 e. The smallest absolute Gasteiger partial charge is 0.244 e. The summed E-state index contributed by atoms with van der Waals surface area (Å²) >= 11 is 0. The second kappa shape index (κ2) is 10.3. The number of nitrogens with zero attached hydrogens (tertiary/aromatic N) is 1. The number of amides is 2. The molecule has 0 bridgehead atoms. The molecule has 1 atom stereocenters. The van der Waals surface area contributed by atoms with Crippen molar-refractivity contribution < 1.29 is 18.7 Å². The van der Waals surface area contributed by atoms with E-state index in [1.165, 1.54) is 29.2 Å². The molecular weight excluding hydrogens is 349 g/mol. The van der Waals surface area contributed by atoms with E-state index in [4.69, 9.17) is 4.74 Å². The quantitative estimate of drug-likeness (QED) is 0.797. The molecule has 25 heavy (non-hydrogen) atoms. The Hall–Kier alpha value is -1.70. The van der Waals surface area contributed by atoms with E-state index in [1.807, 2.05) is 13.8 Å². The van der Waals surface area contributed by atoms with Gasteiger partial charge in [0, 0.05) is 30.7 Å². The summed E-state index contributed by atoms with van der Waals surface area (Å²) in [6.45, 7) is 5.58. The van der Waals surface area contributed by atoms with E-state index < -0.39 is 0 Å². The number of nitrogens with one attached hydrogen (secondary N) is 2. The van der Waals surface area contributed by atoms with Crippen LogP contribution >= 0.6 is 12.4 Å². The van der Waals surface area contributed by atoms with E-state index in [9.17, 15) is 14.0 Å². The molecule has 8 heteroatoms. The van der Waals surface area contributed by atoms with Gasteiger partial charge in [0.25, 0.3) is 0 Å². The molecule has 6 nitrogen and oxygen atoms in total. The number of hydrogen-bond donors (Lipinski definition) is 2. The number of rotatable bonds is 6. The van der Waals surface area contributed by atoms with Gasteiger partial charge in [-0.1, -0.05) is 0 Å². The van der Waals surface area contributed by atoms with E-state index in [2.05, 4.69) is 10.6 Å². The van der Waals surface area contributed by atoms with E-state index >= 15 is 0 Å². The summed E-state index contributed by atoms with van der Waals surface area (Å²) in [5, 5.41) is 5.91. The lowest BCUT2D eigenvalue weighted by Gasteiger charge is -2.29. The summed E-state index contributed by atoms with van der Waals surface area (Å²) < 4.78 is 18.2. The maximum Gasteiger partial charge on any atom is 0.244 e. The third-order valence-corrected chi connectivity index (χ3v) is 3.81. The van der Waals surface area contributed by atoms with Crippen molar-refractivity contribution in [3.8, 4) is 0 Å². The molecule has 1 fully saturated rings. The Labute approximate surface area is 153 Å². The van der Waals surface area contributed by atoms with E-state index in [0.29, 0.717) is 25.3 Å².